The summed E-state index contributed by atoms with van der Waals surface area (Å²) in [6.45, 7) is 7.28. The van der Waals surface area contributed by atoms with Crippen LogP contribution in [0.3, 0.4) is 0 Å². The van der Waals surface area contributed by atoms with E-state index in [0.717, 1.165) is 5.56 Å². The van der Waals surface area contributed by atoms with Gasteiger partial charge in [0.25, 0.3) is 0 Å². The fourth-order valence-corrected chi connectivity index (χ4v) is 2.47. The predicted molar refractivity (Wildman–Crippen MR) is 90.4 cm³/mol. The zero-order valence-corrected chi connectivity index (χ0v) is 14.8. The SMILES string of the molecule is CCOC(=O)C(C(=O)OCC)[C@H](CC(=O)C(C)C)c1ccccc1. The summed E-state index contributed by atoms with van der Waals surface area (Å²) in [5.74, 6) is -3.24. The first kappa shape index (κ1) is 19.9. The lowest BCUT2D eigenvalue weighted by Crippen LogP contribution is -2.35. The second-order valence-corrected chi connectivity index (χ2v) is 5.82. The lowest BCUT2D eigenvalue weighted by Gasteiger charge is -2.24. The molecule has 24 heavy (non-hydrogen) atoms. The molecule has 0 saturated carbocycles. The number of ether oxygens (including phenoxy) is 2. The summed E-state index contributed by atoms with van der Waals surface area (Å²) in [6, 6.07) is 9.09. The molecule has 0 aliphatic carbocycles. The highest BCUT2D eigenvalue weighted by atomic mass is 16.6. The van der Waals surface area contributed by atoms with Crippen molar-refractivity contribution in [1.82, 2.24) is 0 Å². The van der Waals surface area contributed by atoms with Gasteiger partial charge in [0, 0.05) is 18.3 Å². The van der Waals surface area contributed by atoms with Crippen LogP contribution in [0.25, 0.3) is 0 Å². The number of hydrogen-bond acceptors (Lipinski definition) is 5. The summed E-state index contributed by atoms with van der Waals surface area (Å²) in [7, 11) is 0. The van der Waals surface area contributed by atoms with Gasteiger partial charge in [-0.1, -0.05) is 44.2 Å². The van der Waals surface area contributed by atoms with Gasteiger partial charge in [0.2, 0.25) is 0 Å². The summed E-state index contributed by atoms with van der Waals surface area (Å²) in [5, 5.41) is 0. The maximum absolute atomic E-state index is 12.4. The first-order valence-electron chi connectivity index (χ1n) is 8.33. The van der Waals surface area contributed by atoms with Crippen LogP contribution in [0.15, 0.2) is 30.3 Å². The number of rotatable bonds is 9. The number of benzene rings is 1. The van der Waals surface area contributed by atoms with Gasteiger partial charge in [0.1, 0.15) is 5.78 Å². The molecule has 0 heterocycles. The molecule has 0 aliphatic heterocycles. The topological polar surface area (TPSA) is 69.7 Å². The van der Waals surface area contributed by atoms with Crippen LogP contribution in [0.4, 0.5) is 0 Å². The van der Waals surface area contributed by atoms with Gasteiger partial charge < -0.3 is 9.47 Å². The van der Waals surface area contributed by atoms with E-state index in [4.69, 9.17) is 9.47 Å². The Kier molecular flexibility index (Phi) is 8.16. The number of carbonyl (C=O) groups is 3. The van der Waals surface area contributed by atoms with Crippen LogP contribution >= 0.6 is 0 Å². The Labute approximate surface area is 143 Å². The summed E-state index contributed by atoms with van der Waals surface area (Å²) in [6.07, 6.45) is 0.0873. The lowest BCUT2D eigenvalue weighted by molar-refractivity contribution is -0.163. The first-order valence-corrected chi connectivity index (χ1v) is 8.33. The van der Waals surface area contributed by atoms with Crippen molar-refractivity contribution in [2.75, 3.05) is 13.2 Å². The third kappa shape index (κ3) is 5.48. The zero-order chi connectivity index (χ0) is 18.1. The van der Waals surface area contributed by atoms with Crippen LogP contribution in [0.5, 0.6) is 0 Å². The second kappa shape index (κ2) is 9.85. The maximum Gasteiger partial charge on any atom is 0.320 e. The smallest absolute Gasteiger partial charge is 0.320 e. The molecule has 0 radical (unpaired) electrons. The third-order valence-electron chi connectivity index (χ3n) is 3.78. The molecule has 0 fully saturated rings. The van der Waals surface area contributed by atoms with Gasteiger partial charge in [0.15, 0.2) is 5.92 Å². The molecule has 1 rings (SSSR count). The Morgan fingerprint density at radius 1 is 0.917 bits per heavy atom. The van der Waals surface area contributed by atoms with Gasteiger partial charge in [-0.15, -0.1) is 0 Å². The largest absolute Gasteiger partial charge is 0.465 e. The molecular formula is C19H26O5. The molecule has 1 aromatic carbocycles. The van der Waals surface area contributed by atoms with Crippen molar-refractivity contribution in [3.8, 4) is 0 Å². The molecule has 5 heteroatoms. The van der Waals surface area contributed by atoms with E-state index >= 15 is 0 Å². The average Bonchev–Trinajstić information content (AvgIpc) is 2.55. The number of carbonyl (C=O) groups excluding carboxylic acids is 3. The summed E-state index contributed by atoms with van der Waals surface area (Å²) in [4.78, 5) is 37.1. The average molecular weight is 334 g/mol. The number of Topliss-reactive ketones (excluding diaryl/α,β-unsaturated/α-hetero) is 1. The standard InChI is InChI=1S/C19H26O5/c1-5-23-18(21)17(19(22)24-6-2)15(12-16(20)13(3)4)14-10-8-7-9-11-14/h7-11,13,15,17H,5-6,12H2,1-4H3/t15-/m1/s1. The zero-order valence-electron chi connectivity index (χ0n) is 14.8. The van der Waals surface area contributed by atoms with Crippen LogP contribution in [0.2, 0.25) is 0 Å². The minimum atomic E-state index is -1.14. The summed E-state index contributed by atoms with van der Waals surface area (Å²) in [5.41, 5.74) is 0.748. The molecule has 0 saturated heterocycles. The van der Waals surface area contributed by atoms with Crippen molar-refractivity contribution in [2.24, 2.45) is 11.8 Å². The second-order valence-electron chi connectivity index (χ2n) is 5.82. The molecule has 1 aromatic rings. The van der Waals surface area contributed by atoms with E-state index in [9.17, 15) is 14.4 Å². The molecule has 0 spiro atoms. The molecule has 0 amide bonds. The molecule has 0 unspecified atom stereocenters. The summed E-state index contributed by atoms with van der Waals surface area (Å²) >= 11 is 0. The minimum absolute atomic E-state index is 0.0116. The monoisotopic (exact) mass is 334 g/mol. The van der Waals surface area contributed by atoms with Crippen molar-refractivity contribution in [1.29, 1.82) is 0 Å². The first-order chi connectivity index (χ1) is 11.4. The number of ketones is 1. The quantitative estimate of drug-likeness (QED) is 0.512. The van der Waals surface area contributed by atoms with E-state index in [0.29, 0.717) is 0 Å². The highest BCUT2D eigenvalue weighted by Gasteiger charge is 2.39. The Bertz CT molecular complexity index is 532. The Morgan fingerprint density at radius 2 is 1.42 bits per heavy atom. The van der Waals surface area contributed by atoms with E-state index < -0.39 is 23.8 Å². The predicted octanol–water partition coefficient (Wildman–Crippen LogP) is 3.13. The van der Waals surface area contributed by atoms with Crippen LogP contribution < -0.4 is 0 Å². The van der Waals surface area contributed by atoms with Crippen molar-refractivity contribution >= 4 is 17.7 Å². The van der Waals surface area contributed by atoms with Crippen LogP contribution in [-0.2, 0) is 23.9 Å². The van der Waals surface area contributed by atoms with Gasteiger partial charge in [-0.3, -0.25) is 14.4 Å². The van der Waals surface area contributed by atoms with E-state index in [-0.39, 0.29) is 31.3 Å². The molecule has 132 valence electrons. The molecule has 1 atom stereocenters. The Hall–Kier alpha value is -2.17. The van der Waals surface area contributed by atoms with Crippen molar-refractivity contribution < 1.29 is 23.9 Å². The van der Waals surface area contributed by atoms with Gasteiger partial charge in [0.05, 0.1) is 13.2 Å². The van der Waals surface area contributed by atoms with Gasteiger partial charge >= 0.3 is 11.9 Å². The van der Waals surface area contributed by atoms with E-state index in [1.807, 2.05) is 30.3 Å². The van der Waals surface area contributed by atoms with E-state index in [2.05, 4.69) is 0 Å². The minimum Gasteiger partial charge on any atom is -0.465 e. The van der Waals surface area contributed by atoms with Crippen molar-refractivity contribution in [3.63, 3.8) is 0 Å². The van der Waals surface area contributed by atoms with Crippen molar-refractivity contribution in [2.45, 2.75) is 40.0 Å². The molecule has 0 N–H and O–H groups in total. The molecule has 0 bridgehead atoms. The summed E-state index contributed by atoms with van der Waals surface area (Å²) < 4.78 is 10.1. The Balaban J connectivity index is 3.25. The Morgan fingerprint density at radius 3 is 1.83 bits per heavy atom. The van der Waals surface area contributed by atoms with Gasteiger partial charge in [-0.2, -0.15) is 0 Å². The highest BCUT2D eigenvalue weighted by Crippen LogP contribution is 2.31. The number of hydrogen-bond donors (Lipinski definition) is 0. The van der Waals surface area contributed by atoms with Crippen LogP contribution in [0.1, 0.15) is 45.6 Å². The van der Waals surface area contributed by atoms with E-state index in [1.165, 1.54) is 0 Å². The molecule has 5 nitrogen and oxygen atoms in total. The highest BCUT2D eigenvalue weighted by molar-refractivity contribution is 5.97. The fourth-order valence-electron chi connectivity index (χ4n) is 2.47. The number of esters is 2. The molecular weight excluding hydrogens is 308 g/mol. The van der Waals surface area contributed by atoms with Gasteiger partial charge in [-0.05, 0) is 19.4 Å². The van der Waals surface area contributed by atoms with Crippen molar-refractivity contribution in [3.05, 3.63) is 35.9 Å². The molecule has 0 aromatic heterocycles. The van der Waals surface area contributed by atoms with Crippen LogP contribution in [-0.4, -0.2) is 30.9 Å². The molecule has 0 aliphatic rings. The fraction of sp³-hybridized carbons (Fsp3) is 0.526. The normalized spacial score (nSPS) is 12.1. The van der Waals surface area contributed by atoms with Gasteiger partial charge in [-0.25, -0.2) is 0 Å². The van der Waals surface area contributed by atoms with E-state index in [1.54, 1.807) is 27.7 Å². The van der Waals surface area contributed by atoms with Crippen LogP contribution in [0, 0.1) is 11.8 Å². The lowest BCUT2D eigenvalue weighted by atomic mass is 9.80. The third-order valence-corrected chi connectivity index (χ3v) is 3.78. The maximum atomic E-state index is 12.4.